The molecule has 7 nitrogen and oxygen atoms in total. The molecule has 0 saturated carbocycles. The first-order chi connectivity index (χ1) is 7.58. The highest BCUT2D eigenvalue weighted by atomic mass is 32.2. The monoisotopic (exact) mass is 239 g/mol. The van der Waals surface area contributed by atoms with Gasteiger partial charge in [-0.2, -0.15) is 13.5 Å². The third-order valence-corrected chi connectivity index (χ3v) is 3.11. The normalized spacial score (nSPS) is 11.2. The van der Waals surface area contributed by atoms with E-state index in [-0.39, 0.29) is 5.03 Å². The summed E-state index contributed by atoms with van der Waals surface area (Å²) >= 11 is 0. The average Bonchev–Trinajstić information content (AvgIpc) is 2.75. The Balaban J connectivity index is 2.25. The Hall–Kier alpha value is -2.09. The molecule has 2 heterocycles. The quantitative estimate of drug-likeness (QED) is 0.707. The van der Waals surface area contributed by atoms with E-state index in [0.29, 0.717) is 11.5 Å². The number of H-pyrrole nitrogens is 1. The largest absolute Gasteiger partial charge is 0.384 e. The van der Waals surface area contributed by atoms with E-state index in [4.69, 9.17) is 5.73 Å². The molecule has 0 unspecified atom stereocenters. The van der Waals surface area contributed by atoms with E-state index >= 15 is 0 Å². The number of hydrogen-bond donors (Lipinski definition) is 3. The number of rotatable bonds is 3. The number of pyridine rings is 1. The summed E-state index contributed by atoms with van der Waals surface area (Å²) in [5.74, 6) is 0.324. The fraction of sp³-hybridized carbons (Fsp3) is 0. The number of nitrogens with zero attached hydrogens (tertiary/aromatic N) is 2. The Labute approximate surface area is 91.8 Å². The molecule has 0 spiro atoms. The van der Waals surface area contributed by atoms with Gasteiger partial charge in [0, 0.05) is 0 Å². The molecule has 0 fully saturated rings. The summed E-state index contributed by atoms with van der Waals surface area (Å²) in [6, 6.07) is 4.38. The second-order valence-corrected chi connectivity index (χ2v) is 4.65. The van der Waals surface area contributed by atoms with Crippen molar-refractivity contribution in [3.8, 4) is 0 Å². The van der Waals surface area contributed by atoms with Crippen molar-refractivity contribution in [1.29, 1.82) is 0 Å². The summed E-state index contributed by atoms with van der Waals surface area (Å²) in [5.41, 5.74) is 5.72. The highest BCUT2D eigenvalue weighted by Crippen LogP contribution is 2.13. The molecule has 8 heteroatoms. The van der Waals surface area contributed by atoms with Crippen molar-refractivity contribution in [1.82, 2.24) is 15.2 Å². The highest BCUT2D eigenvalue weighted by molar-refractivity contribution is 7.92. The standard InChI is InChI=1S/C8H9N5O2S/c9-7-2-1-6(5-10-7)13-16(14,15)8-3-4-11-12-8/h1-5,13H,(H2,9,10)(H,11,12). The molecule has 2 aromatic heterocycles. The van der Waals surface area contributed by atoms with Gasteiger partial charge in [-0.1, -0.05) is 0 Å². The van der Waals surface area contributed by atoms with Gasteiger partial charge in [0.1, 0.15) is 5.82 Å². The van der Waals surface area contributed by atoms with Crippen LogP contribution in [0, 0.1) is 0 Å². The molecule has 2 rings (SSSR count). The number of hydrogen-bond acceptors (Lipinski definition) is 5. The molecule has 0 aromatic carbocycles. The van der Waals surface area contributed by atoms with Gasteiger partial charge in [0.2, 0.25) is 0 Å². The molecular formula is C8H9N5O2S. The van der Waals surface area contributed by atoms with Crippen LogP contribution in [0.15, 0.2) is 35.6 Å². The van der Waals surface area contributed by atoms with Crippen LogP contribution in [-0.2, 0) is 10.0 Å². The molecule has 0 aliphatic heterocycles. The van der Waals surface area contributed by atoms with Gasteiger partial charge in [0.05, 0.1) is 18.1 Å². The molecule has 0 bridgehead atoms. The van der Waals surface area contributed by atoms with E-state index in [1.165, 1.54) is 30.6 Å². The first-order valence-corrected chi connectivity index (χ1v) is 5.80. The predicted molar refractivity (Wildman–Crippen MR) is 58.0 cm³/mol. The van der Waals surface area contributed by atoms with Gasteiger partial charge >= 0.3 is 0 Å². The Morgan fingerprint density at radius 3 is 2.69 bits per heavy atom. The maximum atomic E-state index is 11.7. The van der Waals surface area contributed by atoms with Gasteiger partial charge < -0.3 is 5.73 Å². The lowest BCUT2D eigenvalue weighted by Gasteiger charge is -2.05. The molecule has 0 radical (unpaired) electrons. The Morgan fingerprint density at radius 2 is 2.12 bits per heavy atom. The summed E-state index contributed by atoms with van der Waals surface area (Å²) in [5, 5.41) is 5.92. The minimum atomic E-state index is -3.63. The van der Waals surface area contributed by atoms with Crippen LogP contribution in [0.1, 0.15) is 0 Å². The highest BCUT2D eigenvalue weighted by Gasteiger charge is 2.15. The van der Waals surface area contributed by atoms with Crippen LogP contribution in [0.25, 0.3) is 0 Å². The summed E-state index contributed by atoms with van der Waals surface area (Å²) < 4.78 is 25.7. The Kier molecular flexibility index (Phi) is 2.49. The van der Waals surface area contributed by atoms with E-state index in [1.807, 2.05) is 0 Å². The molecule has 4 N–H and O–H groups in total. The number of sulfonamides is 1. The van der Waals surface area contributed by atoms with Crippen LogP contribution in [0.4, 0.5) is 11.5 Å². The Morgan fingerprint density at radius 1 is 1.31 bits per heavy atom. The number of anilines is 2. The zero-order valence-electron chi connectivity index (χ0n) is 8.08. The summed E-state index contributed by atoms with van der Waals surface area (Å²) in [4.78, 5) is 3.77. The van der Waals surface area contributed by atoms with Gasteiger partial charge in [0.15, 0.2) is 5.03 Å². The molecule has 84 valence electrons. The molecule has 2 aromatic rings. The van der Waals surface area contributed by atoms with Gasteiger partial charge in [-0.3, -0.25) is 9.82 Å². The number of nitrogen functional groups attached to an aromatic ring is 1. The van der Waals surface area contributed by atoms with Crippen LogP contribution < -0.4 is 10.5 Å². The number of nitrogens with one attached hydrogen (secondary N) is 2. The van der Waals surface area contributed by atoms with Crippen LogP contribution in [0.2, 0.25) is 0 Å². The Bertz CT molecular complexity index is 561. The van der Waals surface area contributed by atoms with Crippen molar-refractivity contribution in [2.45, 2.75) is 5.03 Å². The summed E-state index contributed by atoms with van der Waals surface area (Å²) in [6.45, 7) is 0. The number of aromatic amines is 1. The van der Waals surface area contributed by atoms with Crippen molar-refractivity contribution in [2.24, 2.45) is 0 Å². The lowest BCUT2D eigenvalue weighted by Crippen LogP contribution is -2.13. The van der Waals surface area contributed by atoms with Crippen LogP contribution >= 0.6 is 0 Å². The van der Waals surface area contributed by atoms with Crippen molar-refractivity contribution < 1.29 is 8.42 Å². The fourth-order valence-electron chi connectivity index (χ4n) is 1.07. The second kappa shape index (κ2) is 3.81. The molecule has 0 aliphatic carbocycles. The zero-order valence-corrected chi connectivity index (χ0v) is 8.90. The third kappa shape index (κ3) is 2.11. The first-order valence-electron chi connectivity index (χ1n) is 4.32. The van der Waals surface area contributed by atoms with E-state index in [0.717, 1.165) is 0 Å². The van der Waals surface area contributed by atoms with Crippen LogP contribution in [-0.4, -0.2) is 23.6 Å². The lowest BCUT2D eigenvalue weighted by molar-refractivity contribution is 0.597. The van der Waals surface area contributed by atoms with E-state index in [9.17, 15) is 8.42 Å². The minimum Gasteiger partial charge on any atom is -0.384 e. The first kappa shape index (κ1) is 10.4. The molecule has 0 aliphatic rings. The summed E-state index contributed by atoms with van der Waals surface area (Å²) in [6.07, 6.45) is 2.69. The fourth-order valence-corrected chi connectivity index (χ4v) is 2.02. The van der Waals surface area contributed by atoms with Gasteiger partial charge in [-0.05, 0) is 18.2 Å². The van der Waals surface area contributed by atoms with Gasteiger partial charge in [-0.15, -0.1) is 0 Å². The average molecular weight is 239 g/mol. The predicted octanol–water partition coefficient (Wildman–Crippen LogP) is 0.188. The van der Waals surface area contributed by atoms with E-state index < -0.39 is 10.0 Å². The van der Waals surface area contributed by atoms with Crippen LogP contribution in [0.3, 0.4) is 0 Å². The molecule has 0 atom stereocenters. The maximum absolute atomic E-state index is 11.7. The van der Waals surface area contributed by atoms with Crippen LogP contribution in [0.5, 0.6) is 0 Å². The van der Waals surface area contributed by atoms with E-state index in [1.54, 1.807) is 0 Å². The van der Waals surface area contributed by atoms with Crippen molar-refractivity contribution in [2.75, 3.05) is 10.5 Å². The van der Waals surface area contributed by atoms with Crippen molar-refractivity contribution in [3.05, 3.63) is 30.6 Å². The molecular weight excluding hydrogens is 230 g/mol. The third-order valence-electron chi connectivity index (χ3n) is 1.80. The molecule has 0 amide bonds. The number of nitrogens with two attached hydrogens (primary N) is 1. The van der Waals surface area contributed by atoms with Crippen molar-refractivity contribution >= 4 is 21.5 Å². The smallest absolute Gasteiger partial charge is 0.278 e. The van der Waals surface area contributed by atoms with Gasteiger partial charge in [-0.25, -0.2) is 4.98 Å². The lowest BCUT2D eigenvalue weighted by atomic mass is 10.4. The topological polar surface area (TPSA) is 114 Å². The van der Waals surface area contributed by atoms with E-state index in [2.05, 4.69) is 19.9 Å². The SMILES string of the molecule is Nc1ccc(NS(=O)(=O)c2ccn[nH]2)cn1. The molecule has 0 saturated heterocycles. The summed E-state index contributed by atoms with van der Waals surface area (Å²) in [7, 11) is -3.63. The van der Waals surface area contributed by atoms with Crippen molar-refractivity contribution in [3.63, 3.8) is 0 Å². The minimum absolute atomic E-state index is 0.00988. The number of aromatic nitrogens is 3. The molecule has 16 heavy (non-hydrogen) atoms. The zero-order chi connectivity index (χ0) is 11.6. The van der Waals surface area contributed by atoms with Gasteiger partial charge in [0.25, 0.3) is 10.0 Å². The maximum Gasteiger partial charge on any atom is 0.278 e. The second-order valence-electron chi connectivity index (χ2n) is 3.00.